The number of carbonyl (C=O) groups is 1. The van der Waals surface area contributed by atoms with Crippen molar-refractivity contribution in [2.75, 3.05) is 38.7 Å². The predicted octanol–water partition coefficient (Wildman–Crippen LogP) is 4.33. The summed E-state index contributed by atoms with van der Waals surface area (Å²) in [4.78, 5) is 15.3. The molecular formula is C23H36N2O3. The lowest BCUT2D eigenvalue weighted by atomic mass is 9.78. The summed E-state index contributed by atoms with van der Waals surface area (Å²) in [5, 5.41) is 3.04. The number of hydrogen-bond acceptors (Lipinski definition) is 4. The van der Waals surface area contributed by atoms with Crippen LogP contribution in [0.25, 0.3) is 0 Å². The highest BCUT2D eigenvalue weighted by Gasteiger charge is 2.41. The summed E-state index contributed by atoms with van der Waals surface area (Å²) in [7, 11) is 1.65. The molecule has 2 aliphatic rings. The number of amides is 1. The molecule has 3 rings (SSSR count). The summed E-state index contributed by atoms with van der Waals surface area (Å²) in [5.74, 6) is 2.11. The maximum absolute atomic E-state index is 12.9. The van der Waals surface area contributed by atoms with Crippen LogP contribution >= 0.6 is 0 Å². The molecule has 1 saturated heterocycles. The number of nitrogens with zero attached hydrogens (tertiary/aromatic N) is 1. The number of anilines is 1. The number of likely N-dealkylation sites (tertiary alicyclic amines) is 1. The van der Waals surface area contributed by atoms with Gasteiger partial charge in [-0.25, -0.2) is 0 Å². The van der Waals surface area contributed by atoms with Crippen LogP contribution in [0.4, 0.5) is 5.69 Å². The molecule has 1 N–H and O–H groups in total. The van der Waals surface area contributed by atoms with Crippen molar-refractivity contribution < 1.29 is 14.3 Å². The molecule has 1 amide bonds. The standard InChI is InChI=1S/C23H36N2O3/c1-18-6-4-12-23(16-18,27-3)22(26)24-20-8-10-21(11-9-20)28-15-14-25-13-5-7-19(2)17-25/h8-11,18-19H,4-7,12-17H2,1-3H3,(H,24,26)/t18-,19+,23+/m0/s1. The normalized spacial score (nSPS) is 28.7. The molecule has 1 aromatic carbocycles. The van der Waals surface area contributed by atoms with Crippen molar-refractivity contribution in [3.8, 4) is 5.75 Å². The fourth-order valence-electron chi connectivity index (χ4n) is 4.65. The first-order chi connectivity index (χ1) is 13.5. The summed E-state index contributed by atoms with van der Waals surface area (Å²) in [6.07, 6.45) is 6.40. The van der Waals surface area contributed by atoms with Gasteiger partial charge in [0.1, 0.15) is 18.0 Å². The molecule has 5 nitrogen and oxygen atoms in total. The van der Waals surface area contributed by atoms with E-state index in [4.69, 9.17) is 9.47 Å². The largest absolute Gasteiger partial charge is 0.492 e. The Kier molecular flexibility index (Phi) is 7.36. The average molecular weight is 389 g/mol. The second-order valence-electron chi connectivity index (χ2n) is 8.77. The molecule has 1 aromatic rings. The van der Waals surface area contributed by atoms with Gasteiger partial charge in [-0.05, 0) is 74.8 Å². The van der Waals surface area contributed by atoms with E-state index in [1.165, 1.54) is 32.4 Å². The van der Waals surface area contributed by atoms with Crippen LogP contribution in [-0.2, 0) is 9.53 Å². The molecule has 0 unspecified atom stereocenters. The molecule has 0 spiro atoms. The monoisotopic (exact) mass is 388 g/mol. The SMILES string of the molecule is CO[C@]1(C(=O)Nc2ccc(OCCN3CCC[C@@H](C)C3)cc2)CCC[C@H](C)C1. The number of ether oxygens (including phenoxy) is 2. The van der Waals surface area contributed by atoms with E-state index in [1.54, 1.807) is 7.11 Å². The molecule has 2 fully saturated rings. The van der Waals surface area contributed by atoms with Crippen LogP contribution in [-0.4, -0.2) is 49.8 Å². The van der Waals surface area contributed by atoms with Crippen molar-refractivity contribution in [1.29, 1.82) is 0 Å². The first-order valence-electron chi connectivity index (χ1n) is 10.8. The second kappa shape index (κ2) is 9.75. The third-order valence-electron chi connectivity index (χ3n) is 6.29. The van der Waals surface area contributed by atoms with Gasteiger partial charge in [-0.15, -0.1) is 0 Å². The van der Waals surface area contributed by atoms with E-state index in [0.29, 0.717) is 12.5 Å². The molecule has 1 saturated carbocycles. The Morgan fingerprint density at radius 3 is 2.61 bits per heavy atom. The van der Waals surface area contributed by atoms with Gasteiger partial charge in [0.05, 0.1) is 0 Å². The Morgan fingerprint density at radius 1 is 1.18 bits per heavy atom. The predicted molar refractivity (Wildman–Crippen MR) is 113 cm³/mol. The van der Waals surface area contributed by atoms with Gasteiger partial charge in [0.25, 0.3) is 5.91 Å². The number of benzene rings is 1. The van der Waals surface area contributed by atoms with Crippen LogP contribution in [0.5, 0.6) is 5.75 Å². The molecule has 1 aliphatic heterocycles. The van der Waals surface area contributed by atoms with Crippen LogP contribution in [0.3, 0.4) is 0 Å². The lowest BCUT2D eigenvalue weighted by Crippen LogP contribution is -2.47. The summed E-state index contributed by atoms with van der Waals surface area (Å²) in [6.45, 7) is 8.53. The second-order valence-corrected chi connectivity index (χ2v) is 8.77. The summed E-state index contributed by atoms with van der Waals surface area (Å²) in [6, 6.07) is 7.67. The molecule has 1 aliphatic carbocycles. The lowest BCUT2D eigenvalue weighted by Gasteiger charge is -2.37. The smallest absolute Gasteiger partial charge is 0.256 e. The van der Waals surface area contributed by atoms with Gasteiger partial charge in [0.15, 0.2) is 0 Å². The van der Waals surface area contributed by atoms with Crippen molar-refractivity contribution >= 4 is 11.6 Å². The summed E-state index contributed by atoms with van der Waals surface area (Å²) in [5.41, 5.74) is 0.0927. The van der Waals surface area contributed by atoms with E-state index in [1.807, 2.05) is 24.3 Å². The fraction of sp³-hybridized carbons (Fsp3) is 0.696. The van der Waals surface area contributed by atoms with E-state index in [-0.39, 0.29) is 5.91 Å². The third kappa shape index (κ3) is 5.48. The van der Waals surface area contributed by atoms with Gasteiger partial charge in [-0.1, -0.05) is 20.3 Å². The maximum Gasteiger partial charge on any atom is 0.256 e. The maximum atomic E-state index is 12.9. The van der Waals surface area contributed by atoms with Gasteiger partial charge >= 0.3 is 0 Å². The topological polar surface area (TPSA) is 50.8 Å². The minimum Gasteiger partial charge on any atom is -0.492 e. The summed E-state index contributed by atoms with van der Waals surface area (Å²) < 4.78 is 11.6. The zero-order chi connectivity index (χ0) is 20.0. The van der Waals surface area contributed by atoms with Gasteiger partial charge in [0, 0.05) is 25.9 Å². The van der Waals surface area contributed by atoms with E-state index in [9.17, 15) is 4.79 Å². The Balaban J connectivity index is 1.48. The van der Waals surface area contributed by atoms with Crippen molar-refractivity contribution in [2.45, 2.75) is 58.0 Å². The Hall–Kier alpha value is -1.59. The fourth-order valence-corrected chi connectivity index (χ4v) is 4.65. The molecule has 0 aromatic heterocycles. The van der Waals surface area contributed by atoms with Gasteiger partial charge in [-0.2, -0.15) is 0 Å². The van der Waals surface area contributed by atoms with Crippen molar-refractivity contribution in [1.82, 2.24) is 4.90 Å². The van der Waals surface area contributed by atoms with Gasteiger partial charge in [0.2, 0.25) is 0 Å². The highest BCUT2D eigenvalue weighted by atomic mass is 16.5. The molecule has 5 heteroatoms. The van der Waals surface area contributed by atoms with Crippen LogP contribution in [0.2, 0.25) is 0 Å². The van der Waals surface area contributed by atoms with Crippen LogP contribution < -0.4 is 10.1 Å². The number of nitrogens with one attached hydrogen (secondary N) is 1. The molecule has 0 radical (unpaired) electrons. The third-order valence-corrected chi connectivity index (χ3v) is 6.29. The number of methoxy groups -OCH3 is 1. The Morgan fingerprint density at radius 2 is 1.93 bits per heavy atom. The molecule has 28 heavy (non-hydrogen) atoms. The van der Waals surface area contributed by atoms with Crippen molar-refractivity contribution in [3.05, 3.63) is 24.3 Å². The Bertz CT molecular complexity index is 633. The first kappa shape index (κ1) is 21.1. The quantitative estimate of drug-likeness (QED) is 0.755. The Labute approximate surface area is 169 Å². The minimum absolute atomic E-state index is 0.0329. The molecule has 0 bridgehead atoms. The molecule has 156 valence electrons. The zero-order valence-electron chi connectivity index (χ0n) is 17.7. The van der Waals surface area contributed by atoms with Gasteiger partial charge < -0.3 is 14.8 Å². The van der Waals surface area contributed by atoms with E-state index >= 15 is 0 Å². The average Bonchev–Trinajstić information content (AvgIpc) is 2.69. The summed E-state index contributed by atoms with van der Waals surface area (Å²) >= 11 is 0. The minimum atomic E-state index is -0.696. The van der Waals surface area contributed by atoms with E-state index in [0.717, 1.165) is 43.2 Å². The highest BCUT2D eigenvalue weighted by molar-refractivity contribution is 5.97. The van der Waals surface area contributed by atoms with E-state index < -0.39 is 5.60 Å². The molecule has 3 atom stereocenters. The van der Waals surface area contributed by atoms with Gasteiger partial charge in [-0.3, -0.25) is 9.69 Å². The number of piperidine rings is 1. The van der Waals surface area contributed by atoms with Crippen molar-refractivity contribution in [3.63, 3.8) is 0 Å². The van der Waals surface area contributed by atoms with Crippen molar-refractivity contribution in [2.24, 2.45) is 11.8 Å². The molecule has 1 heterocycles. The number of carbonyl (C=O) groups excluding carboxylic acids is 1. The number of hydrogen-bond donors (Lipinski definition) is 1. The highest BCUT2D eigenvalue weighted by Crippen LogP contribution is 2.35. The zero-order valence-corrected chi connectivity index (χ0v) is 17.7. The molecular weight excluding hydrogens is 352 g/mol. The van der Waals surface area contributed by atoms with Crippen LogP contribution in [0.1, 0.15) is 52.4 Å². The lowest BCUT2D eigenvalue weighted by molar-refractivity contribution is -0.143. The first-order valence-corrected chi connectivity index (χ1v) is 10.8. The number of rotatable bonds is 7. The van der Waals surface area contributed by atoms with Crippen LogP contribution in [0, 0.1) is 11.8 Å². The van der Waals surface area contributed by atoms with Crippen LogP contribution in [0.15, 0.2) is 24.3 Å². The van der Waals surface area contributed by atoms with E-state index in [2.05, 4.69) is 24.1 Å².